The monoisotopic (exact) mass is 270 g/mol. The van der Waals surface area contributed by atoms with Gasteiger partial charge in [0.05, 0.1) is 0 Å². The Balaban J connectivity index is 1.99. The highest BCUT2D eigenvalue weighted by molar-refractivity contribution is 4.74. The molecule has 0 aromatic rings. The van der Waals surface area contributed by atoms with Crippen LogP contribution in [0.25, 0.3) is 0 Å². The number of hydrogen-bond acceptors (Lipinski definition) is 4. The van der Waals surface area contributed by atoms with Gasteiger partial charge in [-0.05, 0) is 26.9 Å². The second-order valence-electron chi connectivity index (χ2n) is 5.75. The molecule has 0 aliphatic carbocycles. The van der Waals surface area contributed by atoms with Crippen LogP contribution < -0.4 is 5.32 Å². The highest BCUT2D eigenvalue weighted by atomic mass is 15.3. The molecular formula is C15H34N4. The van der Waals surface area contributed by atoms with Gasteiger partial charge in [0.2, 0.25) is 0 Å². The van der Waals surface area contributed by atoms with Crippen LogP contribution in [0.4, 0.5) is 0 Å². The number of rotatable bonds is 9. The van der Waals surface area contributed by atoms with Crippen LogP contribution in [0.15, 0.2) is 0 Å². The Morgan fingerprint density at radius 2 is 1.63 bits per heavy atom. The molecular weight excluding hydrogens is 236 g/mol. The predicted octanol–water partition coefficient (Wildman–Crippen LogP) is 0.944. The maximum Gasteiger partial charge on any atom is 0.0113 e. The average molecular weight is 270 g/mol. The molecule has 0 aromatic carbocycles. The van der Waals surface area contributed by atoms with E-state index in [9.17, 15) is 0 Å². The molecule has 1 saturated heterocycles. The Morgan fingerprint density at radius 3 is 2.16 bits per heavy atom. The molecule has 0 atom stereocenters. The summed E-state index contributed by atoms with van der Waals surface area (Å²) in [4.78, 5) is 7.63. The van der Waals surface area contributed by atoms with Gasteiger partial charge < -0.3 is 10.2 Å². The molecule has 19 heavy (non-hydrogen) atoms. The van der Waals surface area contributed by atoms with Gasteiger partial charge in [0.15, 0.2) is 0 Å². The first-order valence-corrected chi connectivity index (χ1v) is 8.06. The summed E-state index contributed by atoms with van der Waals surface area (Å²) in [6, 6.07) is 0.703. The van der Waals surface area contributed by atoms with Crippen molar-refractivity contribution in [2.75, 3.05) is 65.4 Å². The number of nitrogens with zero attached hydrogens (tertiary/aromatic N) is 3. The topological polar surface area (TPSA) is 21.8 Å². The van der Waals surface area contributed by atoms with Gasteiger partial charge in [0.1, 0.15) is 0 Å². The second kappa shape index (κ2) is 9.70. The van der Waals surface area contributed by atoms with Crippen molar-refractivity contribution in [3.05, 3.63) is 0 Å². The fourth-order valence-corrected chi connectivity index (χ4v) is 2.64. The Morgan fingerprint density at radius 1 is 1.00 bits per heavy atom. The van der Waals surface area contributed by atoms with E-state index in [1.165, 1.54) is 39.3 Å². The van der Waals surface area contributed by atoms with E-state index in [-0.39, 0.29) is 0 Å². The standard InChI is InChI=1S/C15H34N4/c1-5-17(6-2)9-7-16-8-10-18-11-13-19(14-12-18)15(3)4/h15-16H,5-14H2,1-4H3. The smallest absolute Gasteiger partial charge is 0.0113 e. The maximum absolute atomic E-state index is 3.57. The third kappa shape index (κ3) is 6.70. The van der Waals surface area contributed by atoms with E-state index in [1.807, 2.05) is 0 Å². The Kier molecular flexibility index (Phi) is 8.62. The molecule has 0 bridgehead atoms. The van der Waals surface area contributed by atoms with Crippen molar-refractivity contribution in [3.63, 3.8) is 0 Å². The Hall–Kier alpha value is -0.160. The van der Waals surface area contributed by atoms with Crippen LogP contribution in [0.2, 0.25) is 0 Å². The number of likely N-dealkylation sites (N-methyl/N-ethyl adjacent to an activating group) is 1. The van der Waals surface area contributed by atoms with E-state index < -0.39 is 0 Å². The summed E-state index contributed by atoms with van der Waals surface area (Å²) >= 11 is 0. The number of nitrogens with one attached hydrogen (secondary N) is 1. The third-order valence-corrected chi connectivity index (χ3v) is 4.24. The lowest BCUT2D eigenvalue weighted by molar-refractivity contribution is 0.109. The lowest BCUT2D eigenvalue weighted by atomic mass is 10.2. The SMILES string of the molecule is CCN(CC)CCNCCN1CCN(C(C)C)CC1. The van der Waals surface area contributed by atoms with Crippen LogP contribution in [0, 0.1) is 0 Å². The molecule has 1 fully saturated rings. The molecule has 1 N–H and O–H groups in total. The minimum absolute atomic E-state index is 0.703. The van der Waals surface area contributed by atoms with E-state index in [0.717, 1.165) is 26.2 Å². The van der Waals surface area contributed by atoms with E-state index in [4.69, 9.17) is 0 Å². The first-order chi connectivity index (χ1) is 9.17. The van der Waals surface area contributed by atoms with E-state index in [2.05, 4.69) is 47.7 Å². The molecule has 1 rings (SSSR count). The summed E-state index contributed by atoms with van der Waals surface area (Å²) < 4.78 is 0. The zero-order valence-electron chi connectivity index (χ0n) is 13.5. The number of piperazine rings is 1. The molecule has 0 aromatic heterocycles. The van der Waals surface area contributed by atoms with Crippen molar-refractivity contribution < 1.29 is 0 Å². The quantitative estimate of drug-likeness (QED) is 0.630. The van der Waals surface area contributed by atoms with Gasteiger partial charge in [0.25, 0.3) is 0 Å². The summed E-state index contributed by atoms with van der Waals surface area (Å²) in [6.07, 6.45) is 0. The summed E-state index contributed by atoms with van der Waals surface area (Å²) in [6.45, 7) is 20.9. The minimum Gasteiger partial charge on any atom is -0.314 e. The highest BCUT2D eigenvalue weighted by Gasteiger charge is 2.17. The number of hydrogen-bond donors (Lipinski definition) is 1. The Labute approximate surface area is 120 Å². The van der Waals surface area contributed by atoms with Crippen LogP contribution >= 0.6 is 0 Å². The molecule has 4 nitrogen and oxygen atoms in total. The van der Waals surface area contributed by atoms with E-state index in [1.54, 1.807) is 0 Å². The van der Waals surface area contributed by atoms with Crippen molar-refractivity contribution in [1.29, 1.82) is 0 Å². The first-order valence-electron chi connectivity index (χ1n) is 8.06. The van der Waals surface area contributed by atoms with Gasteiger partial charge >= 0.3 is 0 Å². The van der Waals surface area contributed by atoms with Crippen LogP contribution in [-0.4, -0.2) is 86.2 Å². The fraction of sp³-hybridized carbons (Fsp3) is 1.00. The molecule has 4 heteroatoms. The van der Waals surface area contributed by atoms with Gasteiger partial charge in [-0.1, -0.05) is 13.8 Å². The van der Waals surface area contributed by atoms with Crippen molar-refractivity contribution >= 4 is 0 Å². The van der Waals surface area contributed by atoms with Gasteiger partial charge in [0, 0.05) is 58.4 Å². The molecule has 1 aliphatic heterocycles. The molecule has 1 heterocycles. The van der Waals surface area contributed by atoms with Gasteiger partial charge in [-0.15, -0.1) is 0 Å². The molecule has 0 spiro atoms. The van der Waals surface area contributed by atoms with Crippen LogP contribution in [-0.2, 0) is 0 Å². The van der Waals surface area contributed by atoms with Crippen LogP contribution in [0.5, 0.6) is 0 Å². The van der Waals surface area contributed by atoms with Gasteiger partial charge in [-0.2, -0.15) is 0 Å². The van der Waals surface area contributed by atoms with E-state index >= 15 is 0 Å². The van der Waals surface area contributed by atoms with E-state index in [0.29, 0.717) is 6.04 Å². The predicted molar refractivity (Wildman–Crippen MR) is 83.8 cm³/mol. The molecule has 0 radical (unpaired) electrons. The largest absolute Gasteiger partial charge is 0.314 e. The molecule has 0 saturated carbocycles. The Bertz CT molecular complexity index is 208. The minimum atomic E-state index is 0.703. The van der Waals surface area contributed by atoms with Crippen molar-refractivity contribution in [2.24, 2.45) is 0 Å². The van der Waals surface area contributed by atoms with Crippen molar-refractivity contribution in [2.45, 2.75) is 33.7 Å². The highest BCUT2D eigenvalue weighted by Crippen LogP contribution is 2.04. The van der Waals surface area contributed by atoms with Crippen LogP contribution in [0.3, 0.4) is 0 Å². The zero-order chi connectivity index (χ0) is 14.1. The van der Waals surface area contributed by atoms with Crippen molar-refractivity contribution in [1.82, 2.24) is 20.0 Å². The zero-order valence-corrected chi connectivity index (χ0v) is 13.5. The molecule has 1 aliphatic rings. The third-order valence-electron chi connectivity index (χ3n) is 4.24. The van der Waals surface area contributed by atoms with Gasteiger partial charge in [-0.3, -0.25) is 9.80 Å². The summed E-state index contributed by atoms with van der Waals surface area (Å²) in [5.74, 6) is 0. The molecule has 0 unspecified atom stereocenters. The average Bonchev–Trinajstić information content (AvgIpc) is 2.43. The maximum atomic E-state index is 3.57. The van der Waals surface area contributed by atoms with Gasteiger partial charge in [-0.25, -0.2) is 0 Å². The van der Waals surface area contributed by atoms with Crippen LogP contribution in [0.1, 0.15) is 27.7 Å². The summed E-state index contributed by atoms with van der Waals surface area (Å²) in [5, 5.41) is 3.57. The van der Waals surface area contributed by atoms with Crippen molar-refractivity contribution in [3.8, 4) is 0 Å². The second-order valence-corrected chi connectivity index (χ2v) is 5.75. The first kappa shape index (κ1) is 16.9. The lowest BCUT2D eigenvalue weighted by Crippen LogP contribution is -2.50. The lowest BCUT2D eigenvalue weighted by Gasteiger charge is -2.36. The fourth-order valence-electron chi connectivity index (χ4n) is 2.64. The summed E-state index contributed by atoms with van der Waals surface area (Å²) in [5.41, 5.74) is 0. The molecule has 0 amide bonds. The molecule has 114 valence electrons. The normalized spacial score (nSPS) is 18.6. The summed E-state index contributed by atoms with van der Waals surface area (Å²) in [7, 11) is 0.